The first kappa shape index (κ1) is 25.7. The van der Waals surface area contributed by atoms with E-state index in [1.54, 1.807) is 12.1 Å². The lowest BCUT2D eigenvalue weighted by Gasteiger charge is -2.40. The SMILES string of the molecule is N#Cc1ccc2nc(-c3ccc(CN4CCC(N5C(=O)NC6CCCCC65)CC4)cc3)c(-c3ccccc3)nc2c1. The van der Waals surface area contributed by atoms with Gasteiger partial charge in [0.25, 0.3) is 0 Å². The van der Waals surface area contributed by atoms with Crippen molar-refractivity contribution in [3.05, 3.63) is 83.9 Å². The first-order valence-electron chi connectivity index (χ1n) is 14.8. The first-order valence-corrected chi connectivity index (χ1v) is 14.8. The molecule has 2 aliphatic heterocycles. The molecule has 7 rings (SSSR count). The van der Waals surface area contributed by atoms with Gasteiger partial charge in [0.2, 0.25) is 0 Å². The summed E-state index contributed by atoms with van der Waals surface area (Å²) in [5.74, 6) is 0. The summed E-state index contributed by atoms with van der Waals surface area (Å²) in [6, 6.07) is 27.7. The van der Waals surface area contributed by atoms with Crippen molar-refractivity contribution >= 4 is 17.1 Å². The van der Waals surface area contributed by atoms with Crippen molar-refractivity contribution in [3.63, 3.8) is 0 Å². The number of hydrogen-bond donors (Lipinski definition) is 1. The van der Waals surface area contributed by atoms with Crippen LogP contribution < -0.4 is 5.32 Å². The Hall–Kier alpha value is -4.28. The molecule has 0 bridgehead atoms. The van der Waals surface area contributed by atoms with Gasteiger partial charge in [0, 0.05) is 36.8 Å². The van der Waals surface area contributed by atoms with Crippen LogP contribution in [0.25, 0.3) is 33.5 Å². The number of nitrogens with one attached hydrogen (secondary N) is 1. The molecule has 2 saturated heterocycles. The van der Waals surface area contributed by atoms with E-state index in [4.69, 9.17) is 9.97 Å². The van der Waals surface area contributed by atoms with Crippen molar-refractivity contribution in [1.29, 1.82) is 5.26 Å². The molecule has 1 saturated carbocycles. The monoisotopic (exact) mass is 542 g/mol. The number of benzene rings is 3. The van der Waals surface area contributed by atoms with E-state index in [0.29, 0.717) is 23.7 Å². The van der Waals surface area contributed by atoms with Gasteiger partial charge in [0.15, 0.2) is 0 Å². The van der Waals surface area contributed by atoms with Gasteiger partial charge in [0.1, 0.15) is 0 Å². The molecular formula is C34H34N6O. The van der Waals surface area contributed by atoms with Crippen LogP contribution in [0.15, 0.2) is 72.8 Å². The average Bonchev–Trinajstić information content (AvgIpc) is 3.37. The van der Waals surface area contributed by atoms with Crippen LogP contribution in [0.1, 0.15) is 49.7 Å². The third-order valence-electron chi connectivity index (χ3n) is 9.05. The molecule has 7 heteroatoms. The maximum absolute atomic E-state index is 12.8. The predicted molar refractivity (Wildman–Crippen MR) is 160 cm³/mol. The molecule has 1 N–H and O–H groups in total. The number of carbonyl (C=O) groups is 1. The molecule has 2 atom stereocenters. The molecule has 3 aromatic carbocycles. The fraction of sp³-hybridized carbons (Fsp3) is 0.353. The fourth-order valence-corrected chi connectivity index (χ4v) is 6.94. The molecule has 1 aliphatic carbocycles. The molecule has 0 spiro atoms. The Kier molecular flexibility index (Phi) is 6.85. The third kappa shape index (κ3) is 5.05. The van der Waals surface area contributed by atoms with Gasteiger partial charge >= 0.3 is 6.03 Å². The number of likely N-dealkylation sites (tertiary alicyclic amines) is 1. The molecule has 206 valence electrons. The summed E-state index contributed by atoms with van der Waals surface area (Å²) in [7, 11) is 0. The summed E-state index contributed by atoms with van der Waals surface area (Å²) in [4.78, 5) is 27.4. The topological polar surface area (TPSA) is 85.2 Å². The van der Waals surface area contributed by atoms with Gasteiger partial charge in [-0.15, -0.1) is 0 Å². The van der Waals surface area contributed by atoms with Gasteiger partial charge in [0.05, 0.1) is 46.1 Å². The third-order valence-corrected chi connectivity index (χ3v) is 9.05. The van der Waals surface area contributed by atoms with E-state index in [9.17, 15) is 10.1 Å². The minimum atomic E-state index is 0.160. The highest BCUT2D eigenvalue weighted by molar-refractivity contribution is 5.86. The second-order valence-electron chi connectivity index (χ2n) is 11.6. The van der Waals surface area contributed by atoms with Crippen molar-refractivity contribution in [2.45, 2.75) is 63.2 Å². The Labute approximate surface area is 240 Å². The zero-order valence-corrected chi connectivity index (χ0v) is 23.2. The lowest BCUT2D eigenvalue weighted by atomic mass is 9.89. The smallest absolute Gasteiger partial charge is 0.318 e. The number of piperidine rings is 1. The Morgan fingerprint density at radius 1 is 0.829 bits per heavy atom. The quantitative estimate of drug-likeness (QED) is 0.328. The van der Waals surface area contributed by atoms with E-state index in [2.05, 4.69) is 45.5 Å². The number of aromatic nitrogens is 2. The van der Waals surface area contributed by atoms with Crippen LogP contribution in [0.5, 0.6) is 0 Å². The number of nitriles is 1. The normalized spacial score (nSPS) is 21.4. The average molecular weight is 543 g/mol. The highest BCUT2D eigenvalue weighted by atomic mass is 16.2. The van der Waals surface area contributed by atoms with Gasteiger partial charge in [-0.2, -0.15) is 5.26 Å². The van der Waals surface area contributed by atoms with Crippen LogP contribution in [-0.4, -0.2) is 57.0 Å². The number of fused-ring (bicyclic) bond motifs is 2. The molecule has 3 heterocycles. The largest absolute Gasteiger partial charge is 0.333 e. The minimum Gasteiger partial charge on any atom is -0.333 e. The second-order valence-corrected chi connectivity index (χ2v) is 11.6. The zero-order valence-electron chi connectivity index (χ0n) is 23.2. The first-order chi connectivity index (χ1) is 20.2. The van der Waals surface area contributed by atoms with Crippen LogP contribution in [-0.2, 0) is 6.54 Å². The van der Waals surface area contributed by atoms with E-state index in [-0.39, 0.29) is 6.03 Å². The Morgan fingerprint density at radius 2 is 1.54 bits per heavy atom. The van der Waals surface area contributed by atoms with E-state index in [1.807, 2.05) is 36.4 Å². The standard InChI is InChI=1S/C34H34N6O/c35-21-24-12-15-28-30(20-24)37-32(25-6-2-1-3-7-25)33(36-28)26-13-10-23(11-14-26)22-39-18-16-27(17-19-39)40-31-9-5-4-8-29(31)38-34(40)41/h1-3,6-7,10-15,20,27,29,31H,4-5,8-9,16-19,22H2,(H,38,41). The number of urea groups is 1. The van der Waals surface area contributed by atoms with Crippen molar-refractivity contribution < 1.29 is 4.79 Å². The van der Waals surface area contributed by atoms with Crippen molar-refractivity contribution in [2.75, 3.05) is 13.1 Å². The van der Waals surface area contributed by atoms with Crippen molar-refractivity contribution in [2.24, 2.45) is 0 Å². The summed E-state index contributed by atoms with van der Waals surface area (Å²) in [5.41, 5.74) is 7.01. The van der Waals surface area contributed by atoms with E-state index in [1.165, 1.54) is 18.4 Å². The zero-order chi connectivity index (χ0) is 27.8. The van der Waals surface area contributed by atoms with Crippen molar-refractivity contribution in [1.82, 2.24) is 25.1 Å². The predicted octanol–water partition coefficient (Wildman–Crippen LogP) is 6.14. The van der Waals surface area contributed by atoms with E-state index < -0.39 is 0 Å². The highest BCUT2D eigenvalue weighted by Crippen LogP contribution is 2.34. The van der Waals surface area contributed by atoms with Gasteiger partial charge in [-0.1, -0.05) is 67.4 Å². The fourth-order valence-electron chi connectivity index (χ4n) is 6.94. The molecule has 41 heavy (non-hydrogen) atoms. The van der Waals surface area contributed by atoms with Crippen LogP contribution >= 0.6 is 0 Å². The summed E-state index contributed by atoms with van der Waals surface area (Å²) in [6.45, 7) is 2.91. The Bertz CT molecular complexity index is 1600. The van der Waals surface area contributed by atoms with E-state index >= 15 is 0 Å². The molecule has 3 fully saturated rings. The van der Waals surface area contributed by atoms with Crippen LogP contribution in [0.2, 0.25) is 0 Å². The lowest BCUT2D eigenvalue weighted by molar-refractivity contribution is 0.0991. The molecule has 2 amide bonds. The van der Waals surface area contributed by atoms with Crippen LogP contribution in [0.3, 0.4) is 0 Å². The molecule has 3 aliphatic rings. The number of rotatable bonds is 5. The van der Waals surface area contributed by atoms with E-state index in [0.717, 1.165) is 78.9 Å². The maximum Gasteiger partial charge on any atom is 0.318 e. The van der Waals surface area contributed by atoms with Gasteiger partial charge in [-0.3, -0.25) is 4.90 Å². The molecular weight excluding hydrogens is 508 g/mol. The number of nitrogens with zero attached hydrogens (tertiary/aromatic N) is 5. The van der Waals surface area contributed by atoms with Gasteiger partial charge in [-0.25, -0.2) is 14.8 Å². The minimum absolute atomic E-state index is 0.160. The lowest BCUT2D eigenvalue weighted by Crippen LogP contribution is -2.49. The summed E-state index contributed by atoms with van der Waals surface area (Å²) in [5, 5.41) is 12.6. The number of hydrogen-bond acceptors (Lipinski definition) is 5. The van der Waals surface area contributed by atoms with Crippen LogP contribution in [0.4, 0.5) is 4.79 Å². The maximum atomic E-state index is 12.8. The van der Waals surface area contributed by atoms with Gasteiger partial charge in [-0.05, 0) is 49.4 Å². The highest BCUT2D eigenvalue weighted by Gasteiger charge is 2.44. The summed E-state index contributed by atoms with van der Waals surface area (Å²) >= 11 is 0. The molecule has 4 aromatic rings. The molecule has 1 aromatic heterocycles. The second kappa shape index (κ2) is 10.9. The Morgan fingerprint density at radius 3 is 2.29 bits per heavy atom. The summed E-state index contributed by atoms with van der Waals surface area (Å²) < 4.78 is 0. The summed E-state index contributed by atoms with van der Waals surface area (Å²) in [6.07, 6.45) is 6.81. The Balaban J connectivity index is 1.07. The number of amides is 2. The number of carbonyl (C=O) groups excluding carboxylic acids is 1. The molecule has 2 unspecified atom stereocenters. The molecule has 7 nitrogen and oxygen atoms in total. The van der Waals surface area contributed by atoms with Crippen molar-refractivity contribution in [3.8, 4) is 28.6 Å². The van der Waals surface area contributed by atoms with Crippen LogP contribution in [0, 0.1) is 11.3 Å². The molecule has 0 radical (unpaired) electrons. The van der Waals surface area contributed by atoms with Gasteiger partial charge < -0.3 is 10.2 Å².